The Labute approximate surface area is 173 Å². The van der Waals surface area contributed by atoms with Gasteiger partial charge < -0.3 is 13.9 Å². The van der Waals surface area contributed by atoms with Gasteiger partial charge in [-0.25, -0.2) is 0 Å². The van der Waals surface area contributed by atoms with Crippen molar-refractivity contribution in [1.82, 2.24) is 4.98 Å². The first-order valence-electron chi connectivity index (χ1n) is 9.26. The van der Waals surface area contributed by atoms with Gasteiger partial charge >= 0.3 is 6.29 Å². The van der Waals surface area contributed by atoms with Gasteiger partial charge in [0.2, 0.25) is 5.43 Å². The van der Waals surface area contributed by atoms with Crippen LogP contribution in [0.1, 0.15) is 25.3 Å². The molecule has 0 saturated heterocycles. The van der Waals surface area contributed by atoms with E-state index in [2.05, 4.69) is 20.5 Å². The van der Waals surface area contributed by atoms with E-state index < -0.39 is 17.1 Å². The van der Waals surface area contributed by atoms with Gasteiger partial charge in [-0.3, -0.25) is 9.78 Å². The van der Waals surface area contributed by atoms with E-state index >= 15 is 0 Å². The number of hydrogen-bond donors (Lipinski definition) is 0. The lowest BCUT2D eigenvalue weighted by atomic mass is 9.99. The van der Waals surface area contributed by atoms with Crippen LogP contribution in [0.4, 0.5) is 8.78 Å². The summed E-state index contributed by atoms with van der Waals surface area (Å²) < 4.78 is 41.1. The number of benzene rings is 1. The second kappa shape index (κ2) is 6.44. The predicted octanol–water partition coefficient (Wildman–Crippen LogP) is 4.84. The number of alkyl halides is 2. The van der Waals surface area contributed by atoms with Gasteiger partial charge in [-0.2, -0.15) is 5.26 Å². The maximum atomic E-state index is 13.3. The first-order chi connectivity index (χ1) is 14.4. The molecule has 1 aromatic carbocycles. The van der Waals surface area contributed by atoms with E-state index in [1.54, 1.807) is 6.20 Å². The van der Waals surface area contributed by atoms with Crippen LogP contribution in [0, 0.1) is 11.3 Å². The number of pyridine rings is 1. The molecule has 1 aliphatic carbocycles. The largest absolute Gasteiger partial charge is 0.586 e. The molecule has 152 valence electrons. The van der Waals surface area contributed by atoms with Crippen LogP contribution in [0.25, 0.3) is 22.2 Å². The molecule has 0 spiro atoms. The lowest BCUT2D eigenvalue weighted by molar-refractivity contribution is -0.286. The third-order valence-electron chi connectivity index (χ3n) is 5.22. The Morgan fingerprint density at radius 2 is 1.97 bits per heavy atom. The molecule has 0 bridgehead atoms. The van der Waals surface area contributed by atoms with Crippen molar-refractivity contribution in [3.8, 4) is 28.8 Å². The van der Waals surface area contributed by atoms with Gasteiger partial charge in [-0.15, -0.1) is 20.5 Å². The second-order valence-electron chi connectivity index (χ2n) is 7.14. The minimum atomic E-state index is -3.78. The average Bonchev–Trinajstić information content (AvgIpc) is 3.45. The van der Waals surface area contributed by atoms with E-state index in [-0.39, 0.29) is 28.0 Å². The highest BCUT2D eigenvalue weighted by Gasteiger charge is 2.46. The summed E-state index contributed by atoms with van der Waals surface area (Å²) in [5.74, 6) is 0.317. The molecule has 3 aromatic rings. The van der Waals surface area contributed by atoms with Gasteiger partial charge in [0, 0.05) is 17.2 Å². The molecule has 2 aliphatic rings. The SMILES string of the molecule is CCSc1cc(C2(C#N)CC2)cnc1-c1coc2cc3c(cc2c1=O)OC(F)(F)O3. The van der Waals surface area contributed by atoms with E-state index in [9.17, 15) is 18.8 Å². The highest BCUT2D eigenvalue weighted by atomic mass is 32.2. The third kappa shape index (κ3) is 2.91. The molecular weight excluding hydrogens is 414 g/mol. The molecule has 0 amide bonds. The predicted molar refractivity (Wildman–Crippen MR) is 105 cm³/mol. The first-order valence-corrected chi connectivity index (χ1v) is 10.2. The number of hydrogen-bond acceptors (Lipinski definition) is 7. The van der Waals surface area contributed by atoms with Crippen molar-refractivity contribution in [2.24, 2.45) is 0 Å². The smallest absolute Gasteiger partial charge is 0.463 e. The van der Waals surface area contributed by atoms with E-state index in [0.717, 1.165) is 29.1 Å². The lowest BCUT2D eigenvalue weighted by Crippen LogP contribution is -2.25. The van der Waals surface area contributed by atoms with E-state index in [1.807, 2.05) is 13.0 Å². The maximum Gasteiger partial charge on any atom is 0.586 e. The van der Waals surface area contributed by atoms with Crippen LogP contribution in [0.3, 0.4) is 0 Å². The zero-order valence-electron chi connectivity index (χ0n) is 15.7. The van der Waals surface area contributed by atoms with Crippen LogP contribution >= 0.6 is 11.8 Å². The molecule has 2 aromatic heterocycles. The zero-order valence-corrected chi connectivity index (χ0v) is 16.5. The maximum absolute atomic E-state index is 13.3. The average molecular weight is 428 g/mol. The molecule has 30 heavy (non-hydrogen) atoms. The number of rotatable bonds is 4. The van der Waals surface area contributed by atoms with Crippen LogP contribution in [0.2, 0.25) is 0 Å². The summed E-state index contributed by atoms with van der Waals surface area (Å²) in [5.41, 5.74) is 0.658. The molecule has 0 radical (unpaired) electrons. The fourth-order valence-corrected chi connectivity index (χ4v) is 4.32. The summed E-state index contributed by atoms with van der Waals surface area (Å²) in [6, 6.07) is 6.64. The minimum Gasteiger partial charge on any atom is -0.463 e. The van der Waals surface area contributed by atoms with Crippen molar-refractivity contribution >= 4 is 22.7 Å². The number of fused-ring (bicyclic) bond motifs is 2. The van der Waals surface area contributed by atoms with Gasteiger partial charge in [0.1, 0.15) is 11.8 Å². The van der Waals surface area contributed by atoms with Crippen molar-refractivity contribution in [1.29, 1.82) is 5.26 Å². The van der Waals surface area contributed by atoms with Crippen molar-refractivity contribution in [2.45, 2.75) is 36.4 Å². The molecule has 1 saturated carbocycles. The highest BCUT2D eigenvalue weighted by Crippen LogP contribution is 2.48. The van der Waals surface area contributed by atoms with Crippen molar-refractivity contribution < 1.29 is 22.7 Å². The standard InChI is InChI=1S/C21H14F2N2O4S/c1-2-30-17-5-11(20(10-24)3-4-20)8-25-18(17)13-9-27-14-7-16-15(6-12(14)19(13)26)28-21(22,23)29-16/h5-9H,2-4H2,1H3. The number of ether oxygens (including phenoxy) is 2. The van der Waals surface area contributed by atoms with Crippen LogP contribution in [0.5, 0.6) is 11.5 Å². The third-order valence-corrected chi connectivity index (χ3v) is 6.13. The first kappa shape index (κ1) is 18.9. The summed E-state index contributed by atoms with van der Waals surface area (Å²) in [4.78, 5) is 18.4. The summed E-state index contributed by atoms with van der Waals surface area (Å²) in [6.45, 7) is 1.97. The molecule has 0 atom stereocenters. The van der Waals surface area contributed by atoms with Crippen LogP contribution in [-0.2, 0) is 5.41 Å². The highest BCUT2D eigenvalue weighted by molar-refractivity contribution is 7.99. The zero-order chi connectivity index (χ0) is 21.1. The Hall–Kier alpha value is -3.12. The monoisotopic (exact) mass is 428 g/mol. The summed E-state index contributed by atoms with van der Waals surface area (Å²) in [7, 11) is 0. The van der Waals surface area contributed by atoms with E-state index in [1.165, 1.54) is 30.2 Å². The molecular formula is C21H14F2N2O4S. The Bertz CT molecular complexity index is 1290. The minimum absolute atomic E-state index is 0.0848. The number of nitrogens with zero attached hydrogens (tertiary/aromatic N) is 2. The second-order valence-corrected chi connectivity index (χ2v) is 8.44. The summed E-state index contributed by atoms with van der Waals surface area (Å²) in [6.07, 6.45) is 0.680. The molecule has 3 heterocycles. The van der Waals surface area contributed by atoms with Crippen molar-refractivity contribution in [2.75, 3.05) is 5.75 Å². The molecule has 6 nitrogen and oxygen atoms in total. The summed E-state index contributed by atoms with van der Waals surface area (Å²) >= 11 is 1.50. The number of aromatic nitrogens is 1. The number of nitriles is 1. The van der Waals surface area contributed by atoms with Crippen LogP contribution in [0.15, 0.2) is 44.8 Å². The summed E-state index contributed by atoms with van der Waals surface area (Å²) in [5, 5.41) is 9.55. The lowest BCUT2D eigenvalue weighted by Gasteiger charge is -2.12. The number of thioether (sulfide) groups is 1. The van der Waals surface area contributed by atoms with Crippen molar-refractivity contribution in [3.63, 3.8) is 0 Å². The molecule has 1 fully saturated rings. The Balaban J connectivity index is 1.65. The Morgan fingerprint density at radius 3 is 2.63 bits per heavy atom. The van der Waals surface area contributed by atoms with Crippen LogP contribution in [-0.4, -0.2) is 17.0 Å². The van der Waals surface area contributed by atoms with Gasteiger partial charge in [-0.1, -0.05) is 6.92 Å². The van der Waals surface area contributed by atoms with Gasteiger partial charge in [0.05, 0.1) is 28.1 Å². The molecule has 5 rings (SSSR count). The molecule has 0 unspecified atom stereocenters. The molecule has 9 heteroatoms. The van der Waals surface area contributed by atoms with E-state index in [0.29, 0.717) is 5.69 Å². The van der Waals surface area contributed by atoms with Gasteiger partial charge in [0.15, 0.2) is 11.5 Å². The van der Waals surface area contributed by atoms with Crippen molar-refractivity contribution in [3.05, 3.63) is 46.4 Å². The van der Waals surface area contributed by atoms with E-state index in [4.69, 9.17) is 4.42 Å². The Kier molecular flexibility index (Phi) is 4.05. The number of halogens is 2. The fraction of sp³-hybridized carbons (Fsp3) is 0.286. The quantitative estimate of drug-likeness (QED) is 0.550. The normalized spacial score (nSPS) is 17.7. The fourth-order valence-electron chi connectivity index (χ4n) is 3.50. The van der Waals surface area contributed by atoms with Gasteiger partial charge in [0.25, 0.3) is 0 Å². The van der Waals surface area contributed by atoms with Crippen LogP contribution < -0.4 is 14.9 Å². The topological polar surface area (TPSA) is 85.4 Å². The molecule has 1 aliphatic heterocycles. The van der Waals surface area contributed by atoms with Gasteiger partial charge in [-0.05, 0) is 36.3 Å². The molecule has 0 N–H and O–H groups in total. The Morgan fingerprint density at radius 1 is 1.23 bits per heavy atom.